The van der Waals surface area contributed by atoms with Gasteiger partial charge in [0.2, 0.25) is 5.65 Å². The summed E-state index contributed by atoms with van der Waals surface area (Å²) in [4.78, 5) is 8.60. The fourth-order valence-electron chi connectivity index (χ4n) is 3.07. The molecule has 0 radical (unpaired) electrons. The molecule has 0 saturated carbocycles. The summed E-state index contributed by atoms with van der Waals surface area (Å²) >= 11 is 0. The molecule has 0 aliphatic carbocycles. The van der Waals surface area contributed by atoms with Gasteiger partial charge in [0.1, 0.15) is 12.1 Å². The SMILES string of the molecule is [2H]C([2H])([2H])n1c2cccnc2n2c3[n+](cc12)Cc1cnccc1-3. The summed E-state index contributed by atoms with van der Waals surface area (Å²) in [5.74, 6) is 0.948. The maximum absolute atomic E-state index is 7.89. The number of imidazole rings is 2. The largest absolute Gasteiger partial charge is 0.303 e. The molecular formula is C15H12N5+. The normalized spacial score (nSPS) is 15.9. The van der Waals surface area contributed by atoms with Gasteiger partial charge in [-0.2, -0.15) is 4.40 Å². The van der Waals surface area contributed by atoms with Gasteiger partial charge >= 0.3 is 0 Å². The average molecular weight is 265 g/mol. The third-order valence-corrected chi connectivity index (χ3v) is 3.92. The Morgan fingerprint density at radius 1 is 1.35 bits per heavy atom. The van der Waals surface area contributed by atoms with Gasteiger partial charge in [-0.15, -0.1) is 0 Å². The van der Waals surface area contributed by atoms with Crippen LogP contribution < -0.4 is 4.57 Å². The van der Waals surface area contributed by atoms with Gasteiger partial charge in [-0.05, 0) is 18.2 Å². The van der Waals surface area contributed by atoms with Crippen LogP contribution >= 0.6 is 0 Å². The molecule has 0 fully saturated rings. The minimum Gasteiger partial charge on any atom is -0.303 e. The van der Waals surface area contributed by atoms with Crippen molar-refractivity contribution in [2.24, 2.45) is 6.98 Å². The number of hydrogen-bond acceptors (Lipinski definition) is 2. The lowest BCUT2D eigenvalue weighted by Crippen LogP contribution is -2.29. The summed E-state index contributed by atoms with van der Waals surface area (Å²) < 4.78 is 29.0. The van der Waals surface area contributed by atoms with E-state index in [4.69, 9.17) is 4.11 Å². The molecule has 0 saturated heterocycles. The van der Waals surface area contributed by atoms with E-state index < -0.39 is 6.98 Å². The van der Waals surface area contributed by atoms with E-state index >= 15 is 0 Å². The van der Waals surface area contributed by atoms with Crippen LogP contribution in [0.15, 0.2) is 43.0 Å². The van der Waals surface area contributed by atoms with Crippen LogP contribution in [0.2, 0.25) is 0 Å². The molecule has 20 heavy (non-hydrogen) atoms. The summed E-state index contributed by atoms with van der Waals surface area (Å²) in [6, 6.07) is 5.51. The second kappa shape index (κ2) is 3.25. The van der Waals surface area contributed by atoms with Crippen LogP contribution in [0.3, 0.4) is 0 Å². The Balaban J connectivity index is 2.00. The molecule has 4 aromatic rings. The quantitative estimate of drug-likeness (QED) is 0.398. The number of nitrogens with zero attached hydrogens (tertiary/aromatic N) is 5. The average Bonchev–Trinajstić information content (AvgIpc) is 3.11. The van der Waals surface area contributed by atoms with Gasteiger partial charge in [0.05, 0.1) is 5.56 Å². The summed E-state index contributed by atoms with van der Waals surface area (Å²) in [5, 5.41) is 0. The van der Waals surface area contributed by atoms with Crippen molar-refractivity contribution in [3.05, 3.63) is 48.5 Å². The zero-order valence-electron chi connectivity index (χ0n) is 13.5. The maximum Gasteiger partial charge on any atom is 0.298 e. The van der Waals surface area contributed by atoms with Gasteiger partial charge in [-0.3, -0.25) is 4.98 Å². The highest BCUT2D eigenvalue weighted by molar-refractivity contribution is 5.80. The van der Waals surface area contributed by atoms with E-state index in [1.807, 2.05) is 22.9 Å². The molecule has 1 aliphatic heterocycles. The summed E-state index contributed by atoms with van der Waals surface area (Å²) in [7, 11) is 0. The van der Waals surface area contributed by atoms with Crippen molar-refractivity contribution in [1.82, 2.24) is 18.9 Å². The number of fused-ring (bicyclic) bond motifs is 7. The molecule has 0 amide bonds. The van der Waals surface area contributed by atoms with E-state index in [9.17, 15) is 0 Å². The fraction of sp³-hybridized carbons (Fsp3) is 0.133. The van der Waals surface area contributed by atoms with E-state index in [-0.39, 0.29) is 0 Å². The summed E-state index contributed by atoms with van der Waals surface area (Å²) in [6.07, 6.45) is 7.17. The monoisotopic (exact) mass is 265 g/mol. The Hall–Kier alpha value is -2.69. The Bertz CT molecular complexity index is 1090. The van der Waals surface area contributed by atoms with Crippen molar-refractivity contribution < 1.29 is 8.68 Å². The molecule has 0 atom stereocenters. The highest BCUT2D eigenvalue weighted by Crippen LogP contribution is 2.30. The Labute approximate surface area is 119 Å². The van der Waals surface area contributed by atoms with Crippen molar-refractivity contribution in [3.63, 3.8) is 0 Å². The standard InChI is InChI=1S/C15H12N5/c1-18-12-3-2-5-17-14(12)20-13(18)9-19-8-10-7-16-6-4-11(10)15(19)20/h2-7,9H,8H2,1H3/q+1/i1D3. The topological polar surface area (TPSA) is 39.0 Å². The summed E-state index contributed by atoms with van der Waals surface area (Å²) in [6.45, 7) is -1.57. The first-order chi connectivity index (χ1) is 11.1. The van der Waals surface area contributed by atoms with Crippen molar-refractivity contribution in [3.8, 4) is 11.4 Å². The van der Waals surface area contributed by atoms with E-state index in [0.717, 1.165) is 17.0 Å². The summed E-state index contributed by atoms with van der Waals surface area (Å²) in [5.41, 5.74) is 4.07. The molecule has 0 N–H and O–H groups in total. The minimum absolute atomic E-state index is 0.605. The lowest BCUT2D eigenvalue weighted by atomic mass is 10.2. The first-order valence-corrected chi connectivity index (χ1v) is 6.40. The number of aromatic nitrogens is 5. The maximum atomic E-state index is 7.89. The van der Waals surface area contributed by atoms with E-state index in [2.05, 4.69) is 14.5 Å². The van der Waals surface area contributed by atoms with Crippen molar-refractivity contribution in [2.75, 3.05) is 0 Å². The number of aryl methyl sites for hydroxylation is 1. The van der Waals surface area contributed by atoms with Crippen LogP contribution in [0.5, 0.6) is 0 Å². The third-order valence-electron chi connectivity index (χ3n) is 3.92. The molecule has 0 spiro atoms. The molecule has 5 nitrogen and oxygen atoms in total. The smallest absolute Gasteiger partial charge is 0.298 e. The van der Waals surface area contributed by atoms with Gasteiger partial charge in [0.25, 0.3) is 11.5 Å². The second-order valence-electron chi connectivity index (χ2n) is 4.99. The number of pyridine rings is 2. The minimum atomic E-state index is -2.26. The fourth-order valence-corrected chi connectivity index (χ4v) is 3.07. The van der Waals surface area contributed by atoms with Gasteiger partial charge in [0, 0.05) is 35.2 Å². The zero-order chi connectivity index (χ0) is 15.8. The molecule has 0 bridgehead atoms. The van der Waals surface area contributed by atoms with Crippen molar-refractivity contribution >= 4 is 16.8 Å². The lowest BCUT2D eigenvalue weighted by Gasteiger charge is -1.92. The molecule has 0 aromatic carbocycles. The Kier molecular flexibility index (Phi) is 1.27. The number of rotatable bonds is 0. The highest BCUT2D eigenvalue weighted by Gasteiger charge is 2.33. The first kappa shape index (κ1) is 7.79. The zero-order valence-corrected chi connectivity index (χ0v) is 10.5. The molecule has 5 heterocycles. The van der Waals surface area contributed by atoms with Gasteiger partial charge < -0.3 is 4.57 Å². The van der Waals surface area contributed by atoms with Crippen LogP contribution in [0.4, 0.5) is 0 Å². The van der Waals surface area contributed by atoms with Gasteiger partial charge in [0.15, 0.2) is 6.20 Å². The molecule has 5 rings (SSSR count). The van der Waals surface area contributed by atoms with Crippen molar-refractivity contribution in [1.29, 1.82) is 0 Å². The van der Waals surface area contributed by atoms with Crippen LogP contribution in [-0.2, 0) is 13.5 Å². The van der Waals surface area contributed by atoms with E-state index in [1.165, 1.54) is 4.57 Å². The third kappa shape index (κ3) is 1.02. The molecule has 1 aliphatic rings. The predicted octanol–water partition coefficient (Wildman–Crippen LogP) is 1.54. The van der Waals surface area contributed by atoms with Gasteiger partial charge in [-0.1, -0.05) is 0 Å². The lowest BCUT2D eigenvalue weighted by molar-refractivity contribution is -0.670. The highest BCUT2D eigenvalue weighted by atomic mass is 15.2. The van der Waals surface area contributed by atoms with Crippen LogP contribution in [0.1, 0.15) is 9.68 Å². The van der Waals surface area contributed by atoms with Gasteiger partial charge in [-0.25, -0.2) is 9.55 Å². The van der Waals surface area contributed by atoms with E-state index in [0.29, 0.717) is 23.4 Å². The second-order valence-corrected chi connectivity index (χ2v) is 4.99. The Morgan fingerprint density at radius 2 is 2.35 bits per heavy atom. The van der Waals surface area contributed by atoms with Crippen molar-refractivity contribution in [2.45, 2.75) is 6.54 Å². The van der Waals surface area contributed by atoms with Crippen LogP contribution in [-0.4, -0.2) is 18.9 Å². The number of hydrogen-bond donors (Lipinski definition) is 0. The first-order valence-electron chi connectivity index (χ1n) is 7.90. The molecule has 4 aromatic heterocycles. The Morgan fingerprint density at radius 3 is 3.30 bits per heavy atom. The van der Waals surface area contributed by atoms with E-state index in [1.54, 1.807) is 24.5 Å². The molecular weight excluding hydrogens is 250 g/mol. The van der Waals surface area contributed by atoms with Crippen LogP contribution in [0.25, 0.3) is 28.2 Å². The predicted molar refractivity (Wildman–Crippen MR) is 74.2 cm³/mol. The van der Waals surface area contributed by atoms with Crippen LogP contribution in [0, 0.1) is 0 Å². The molecule has 5 heteroatoms. The molecule has 96 valence electrons. The molecule has 0 unspecified atom stereocenters.